The van der Waals surface area contributed by atoms with Gasteiger partial charge in [0.15, 0.2) is 0 Å². The Balaban J connectivity index is 1.55. The summed E-state index contributed by atoms with van der Waals surface area (Å²) in [6, 6.07) is 12.0. The largest absolute Gasteiger partial charge is 0.352 e. The van der Waals surface area contributed by atoms with E-state index in [9.17, 15) is 13.2 Å². The van der Waals surface area contributed by atoms with Crippen molar-refractivity contribution in [2.24, 2.45) is 0 Å². The van der Waals surface area contributed by atoms with Crippen molar-refractivity contribution in [2.45, 2.75) is 6.42 Å². The third-order valence-electron chi connectivity index (χ3n) is 3.53. The predicted molar refractivity (Wildman–Crippen MR) is 96.1 cm³/mol. The van der Waals surface area contributed by atoms with Gasteiger partial charge >= 0.3 is 0 Å². The topological polar surface area (TPSA) is 92.6 Å². The molecule has 2 N–H and O–H groups in total. The Kier molecular flexibility index (Phi) is 4.71. The first-order chi connectivity index (χ1) is 11.9. The number of benzene rings is 1. The molecule has 1 amide bonds. The molecule has 0 bridgehead atoms. The first kappa shape index (κ1) is 17.0. The first-order valence-electron chi connectivity index (χ1n) is 7.69. The molecule has 0 fully saturated rings. The van der Waals surface area contributed by atoms with Crippen molar-refractivity contribution in [3.63, 3.8) is 0 Å². The van der Waals surface area contributed by atoms with Gasteiger partial charge in [0.2, 0.25) is 10.0 Å². The fraction of sp³-hybridized carbons (Fsp3) is 0.176. The van der Waals surface area contributed by atoms with E-state index in [2.05, 4.69) is 15.0 Å². The number of carbonyl (C=O) groups excluding carboxylic acids is 1. The second kappa shape index (κ2) is 6.94. The molecule has 0 unspecified atom stereocenters. The lowest BCUT2D eigenvalue weighted by molar-refractivity contribution is 0.0954. The normalized spacial score (nSPS) is 11.4. The van der Waals surface area contributed by atoms with Crippen LogP contribution in [0.25, 0.3) is 5.65 Å². The monoisotopic (exact) mass is 358 g/mol. The van der Waals surface area contributed by atoms with Crippen LogP contribution < -0.4 is 10.0 Å². The van der Waals surface area contributed by atoms with Crippen LogP contribution in [0.5, 0.6) is 0 Å². The minimum Gasteiger partial charge on any atom is -0.352 e. The third kappa shape index (κ3) is 4.57. The maximum atomic E-state index is 12.1. The molecule has 3 aromatic rings. The number of sulfonamides is 1. The fourth-order valence-electron chi connectivity index (χ4n) is 2.42. The zero-order valence-corrected chi connectivity index (χ0v) is 14.5. The van der Waals surface area contributed by atoms with Gasteiger partial charge in [0.1, 0.15) is 5.65 Å². The molecular weight excluding hydrogens is 340 g/mol. The summed E-state index contributed by atoms with van der Waals surface area (Å²) in [5.41, 5.74) is 2.66. The zero-order chi connectivity index (χ0) is 17.9. The number of hydrogen-bond acceptors (Lipinski definition) is 4. The van der Waals surface area contributed by atoms with Crippen molar-refractivity contribution in [1.82, 2.24) is 14.7 Å². The summed E-state index contributed by atoms with van der Waals surface area (Å²) in [4.78, 5) is 16.6. The highest BCUT2D eigenvalue weighted by Crippen LogP contribution is 2.11. The van der Waals surface area contributed by atoms with Crippen LogP contribution in [0.15, 0.2) is 54.9 Å². The molecule has 0 aliphatic carbocycles. The molecule has 0 spiro atoms. The van der Waals surface area contributed by atoms with Gasteiger partial charge in [-0.15, -0.1) is 0 Å². The standard InChI is InChI=1S/C17H18N4O3S/c1-25(23,24)20-14-7-5-13(6-8-14)17(22)18-10-9-15-12-21-11-3-2-4-16(21)19-15/h2-8,11-12,20H,9-10H2,1H3,(H,18,22). The number of imidazole rings is 1. The van der Waals surface area contributed by atoms with Crippen molar-refractivity contribution in [3.8, 4) is 0 Å². The van der Waals surface area contributed by atoms with Crippen molar-refractivity contribution in [3.05, 3.63) is 66.1 Å². The van der Waals surface area contributed by atoms with Crippen LogP contribution in [0.3, 0.4) is 0 Å². The number of nitrogens with one attached hydrogen (secondary N) is 2. The lowest BCUT2D eigenvalue weighted by atomic mass is 10.2. The average molecular weight is 358 g/mol. The van der Waals surface area contributed by atoms with E-state index in [1.807, 2.05) is 35.0 Å². The molecule has 0 saturated heterocycles. The van der Waals surface area contributed by atoms with Gasteiger partial charge in [-0.3, -0.25) is 9.52 Å². The van der Waals surface area contributed by atoms with E-state index in [-0.39, 0.29) is 5.91 Å². The molecule has 1 aromatic carbocycles. The highest BCUT2D eigenvalue weighted by atomic mass is 32.2. The Hall–Kier alpha value is -2.87. The molecule has 0 radical (unpaired) electrons. The van der Waals surface area contributed by atoms with Gasteiger partial charge < -0.3 is 9.72 Å². The smallest absolute Gasteiger partial charge is 0.251 e. The van der Waals surface area contributed by atoms with Gasteiger partial charge in [-0.05, 0) is 36.4 Å². The van der Waals surface area contributed by atoms with E-state index in [1.54, 1.807) is 24.3 Å². The van der Waals surface area contributed by atoms with Crippen LogP contribution in [-0.4, -0.2) is 36.5 Å². The van der Waals surface area contributed by atoms with E-state index in [0.29, 0.717) is 24.2 Å². The Morgan fingerprint density at radius 1 is 1.16 bits per heavy atom. The van der Waals surface area contributed by atoms with Gasteiger partial charge in [0, 0.05) is 36.6 Å². The fourth-order valence-corrected chi connectivity index (χ4v) is 2.98. The molecule has 0 atom stereocenters. The van der Waals surface area contributed by atoms with E-state index in [0.717, 1.165) is 17.6 Å². The quantitative estimate of drug-likeness (QED) is 0.701. The Morgan fingerprint density at radius 2 is 1.92 bits per heavy atom. The van der Waals surface area contributed by atoms with Gasteiger partial charge in [-0.1, -0.05) is 6.07 Å². The highest BCUT2D eigenvalue weighted by molar-refractivity contribution is 7.92. The second-order valence-corrected chi connectivity index (χ2v) is 7.40. The Bertz CT molecular complexity index is 961. The molecule has 2 aromatic heterocycles. The molecular formula is C17H18N4O3S. The lowest BCUT2D eigenvalue weighted by Crippen LogP contribution is -2.25. The van der Waals surface area contributed by atoms with Crippen LogP contribution >= 0.6 is 0 Å². The summed E-state index contributed by atoms with van der Waals surface area (Å²) in [6.45, 7) is 0.464. The number of rotatable bonds is 6. The third-order valence-corrected chi connectivity index (χ3v) is 4.14. The molecule has 0 aliphatic heterocycles. The number of hydrogen-bond donors (Lipinski definition) is 2. The summed E-state index contributed by atoms with van der Waals surface area (Å²) >= 11 is 0. The van der Waals surface area contributed by atoms with E-state index >= 15 is 0 Å². The van der Waals surface area contributed by atoms with Gasteiger partial charge in [0.25, 0.3) is 5.91 Å². The number of carbonyl (C=O) groups is 1. The summed E-state index contributed by atoms with van der Waals surface area (Å²) in [5.74, 6) is -0.213. The maximum Gasteiger partial charge on any atom is 0.251 e. The number of anilines is 1. The van der Waals surface area contributed by atoms with Gasteiger partial charge in [-0.2, -0.15) is 0 Å². The highest BCUT2D eigenvalue weighted by Gasteiger charge is 2.07. The molecule has 0 saturated carbocycles. The molecule has 3 rings (SSSR count). The van der Waals surface area contributed by atoms with Crippen LogP contribution in [0, 0.1) is 0 Å². The first-order valence-corrected chi connectivity index (χ1v) is 9.58. The SMILES string of the molecule is CS(=O)(=O)Nc1ccc(C(=O)NCCc2cn3ccccc3n2)cc1. The molecule has 0 aliphatic rings. The summed E-state index contributed by atoms with van der Waals surface area (Å²) in [6.07, 6.45) is 5.57. The minimum absolute atomic E-state index is 0.213. The molecule has 25 heavy (non-hydrogen) atoms. The maximum absolute atomic E-state index is 12.1. The molecule has 2 heterocycles. The van der Waals surface area contributed by atoms with E-state index < -0.39 is 10.0 Å². The van der Waals surface area contributed by atoms with Crippen molar-refractivity contribution >= 4 is 27.3 Å². The minimum atomic E-state index is -3.33. The van der Waals surface area contributed by atoms with Crippen molar-refractivity contribution < 1.29 is 13.2 Å². The van der Waals surface area contributed by atoms with Crippen LogP contribution in [0.4, 0.5) is 5.69 Å². The van der Waals surface area contributed by atoms with Crippen LogP contribution in [0.1, 0.15) is 16.1 Å². The van der Waals surface area contributed by atoms with Gasteiger partial charge in [-0.25, -0.2) is 13.4 Å². The predicted octanol–water partition coefficient (Wildman–Crippen LogP) is 1.68. The van der Waals surface area contributed by atoms with Crippen molar-refractivity contribution in [1.29, 1.82) is 0 Å². The number of nitrogens with zero attached hydrogens (tertiary/aromatic N) is 2. The molecule has 7 nitrogen and oxygen atoms in total. The average Bonchev–Trinajstić information content (AvgIpc) is 2.96. The van der Waals surface area contributed by atoms with Crippen LogP contribution in [0.2, 0.25) is 0 Å². The number of pyridine rings is 1. The van der Waals surface area contributed by atoms with Crippen molar-refractivity contribution in [2.75, 3.05) is 17.5 Å². The van der Waals surface area contributed by atoms with E-state index in [4.69, 9.17) is 0 Å². The summed E-state index contributed by atoms with van der Waals surface area (Å²) in [7, 11) is -3.33. The van der Waals surface area contributed by atoms with Crippen LogP contribution in [-0.2, 0) is 16.4 Å². The van der Waals surface area contributed by atoms with E-state index in [1.165, 1.54) is 0 Å². The summed E-state index contributed by atoms with van der Waals surface area (Å²) in [5, 5.41) is 2.83. The zero-order valence-electron chi connectivity index (χ0n) is 13.6. The number of fused-ring (bicyclic) bond motifs is 1. The Morgan fingerprint density at radius 3 is 2.60 bits per heavy atom. The molecule has 130 valence electrons. The Labute approximate surface area is 145 Å². The number of aromatic nitrogens is 2. The number of amides is 1. The van der Waals surface area contributed by atoms with Gasteiger partial charge in [0.05, 0.1) is 11.9 Å². The molecule has 8 heteroatoms. The second-order valence-electron chi connectivity index (χ2n) is 5.66. The lowest BCUT2D eigenvalue weighted by Gasteiger charge is -2.06. The summed E-state index contributed by atoms with van der Waals surface area (Å²) < 4.78 is 26.6.